The number of hydrogen-bond acceptors (Lipinski definition) is 7. The van der Waals surface area contributed by atoms with E-state index in [1.807, 2.05) is 0 Å². The highest BCUT2D eigenvalue weighted by Crippen LogP contribution is 2.33. The summed E-state index contributed by atoms with van der Waals surface area (Å²) in [5.74, 6) is 0.893. The van der Waals surface area contributed by atoms with Crippen molar-refractivity contribution in [2.45, 2.75) is 11.3 Å². The lowest BCUT2D eigenvalue weighted by molar-refractivity contribution is 0.296. The van der Waals surface area contributed by atoms with Gasteiger partial charge >= 0.3 is 15.7 Å². The van der Waals surface area contributed by atoms with Crippen molar-refractivity contribution in [1.82, 2.24) is 0 Å². The van der Waals surface area contributed by atoms with Crippen molar-refractivity contribution in [2.24, 2.45) is 0 Å². The number of hydrogen-bond donors (Lipinski definition) is 0. The van der Waals surface area contributed by atoms with Crippen LogP contribution in [0.15, 0.2) is 62.6 Å². The predicted molar refractivity (Wildman–Crippen MR) is 92.3 cm³/mol. The van der Waals surface area contributed by atoms with Crippen LogP contribution in [-0.4, -0.2) is 21.6 Å². The van der Waals surface area contributed by atoms with E-state index >= 15 is 0 Å². The molecular formula is C18H14O7S. The molecule has 3 aromatic rings. The van der Waals surface area contributed by atoms with Crippen LogP contribution in [0.3, 0.4) is 0 Å². The Kier molecular flexibility index (Phi) is 4.04. The Morgan fingerprint density at radius 2 is 1.65 bits per heavy atom. The SMILES string of the molecule is O=c1ccc2ccc(OS(=O)(=O)c3ccc4c(c3)OCCCO4)cc2o1. The molecule has 8 heteroatoms. The first-order valence-corrected chi connectivity index (χ1v) is 9.30. The van der Waals surface area contributed by atoms with Gasteiger partial charge in [-0.2, -0.15) is 8.42 Å². The maximum absolute atomic E-state index is 12.6. The molecule has 7 nitrogen and oxygen atoms in total. The number of fused-ring (bicyclic) bond motifs is 2. The maximum atomic E-state index is 12.6. The van der Waals surface area contributed by atoms with Crippen LogP contribution in [0.25, 0.3) is 11.0 Å². The zero-order chi connectivity index (χ0) is 18.1. The van der Waals surface area contributed by atoms with E-state index in [9.17, 15) is 13.2 Å². The average Bonchev–Trinajstić information content (AvgIpc) is 2.85. The molecule has 4 rings (SSSR count). The largest absolute Gasteiger partial charge is 0.490 e. The lowest BCUT2D eigenvalue weighted by Crippen LogP contribution is -2.10. The summed E-state index contributed by atoms with van der Waals surface area (Å²) in [5.41, 5.74) is -0.288. The standard InChI is InChI=1S/C18H14O7S/c19-18-7-3-12-2-4-13(10-16(12)24-18)25-26(20,21)14-5-6-15-17(11-14)23-9-1-8-22-15/h2-7,10-11H,1,8-9H2. The molecule has 2 heterocycles. The average molecular weight is 374 g/mol. The lowest BCUT2D eigenvalue weighted by Gasteiger charge is -2.11. The summed E-state index contributed by atoms with van der Waals surface area (Å²) >= 11 is 0. The molecule has 0 saturated carbocycles. The zero-order valence-electron chi connectivity index (χ0n) is 13.5. The van der Waals surface area contributed by atoms with Crippen molar-refractivity contribution in [3.05, 3.63) is 59.0 Å². The van der Waals surface area contributed by atoms with Gasteiger partial charge in [-0.1, -0.05) is 0 Å². The van der Waals surface area contributed by atoms with E-state index < -0.39 is 15.7 Å². The summed E-state index contributed by atoms with van der Waals surface area (Å²) < 4.78 is 46.3. The van der Waals surface area contributed by atoms with Gasteiger partial charge < -0.3 is 18.1 Å². The van der Waals surface area contributed by atoms with Crippen LogP contribution in [-0.2, 0) is 10.1 Å². The lowest BCUT2D eigenvalue weighted by atomic mass is 10.2. The Balaban J connectivity index is 1.67. The number of rotatable bonds is 3. The molecule has 1 aromatic heterocycles. The van der Waals surface area contributed by atoms with Gasteiger partial charge in [-0.15, -0.1) is 0 Å². The molecule has 0 radical (unpaired) electrons. The van der Waals surface area contributed by atoms with E-state index in [1.54, 1.807) is 12.1 Å². The van der Waals surface area contributed by atoms with Gasteiger partial charge in [0.25, 0.3) is 0 Å². The van der Waals surface area contributed by atoms with Crippen LogP contribution in [0, 0.1) is 0 Å². The molecular weight excluding hydrogens is 360 g/mol. The first-order chi connectivity index (χ1) is 12.5. The van der Waals surface area contributed by atoms with Gasteiger partial charge in [0.1, 0.15) is 16.2 Å². The maximum Gasteiger partial charge on any atom is 0.339 e. The molecule has 134 valence electrons. The third kappa shape index (κ3) is 3.23. The molecule has 0 fully saturated rings. The normalized spacial score (nSPS) is 14.0. The zero-order valence-corrected chi connectivity index (χ0v) is 14.3. The van der Waals surface area contributed by atoms with Crippen molar-refractivity contribution >= 4 is 21.1 Å². The van der Waals surface area contributed by atoms with Crippen LogP contribution in [0.4, 0.5) is 0 Å². The molecule has 0 unspecified atom stereocenters. The minimum atomic E-state index is -4.09. The Morgan fingerprint density at radius 1 is 0.885 bits per heavy atom. The summed E-state index contributed by atoms with van der Waals surface area (Å²) in [5, 5.41) is 0.657. The quantitative estimate of drug-likeness (QED) is 0.514. The molecule has 0 spiro atoms. The van der Waals surface area contributed by atoms with E-state index in [4.69, 9.17) is 18.1 Å². The van der Waals surface area contributed by atoms with Gasteiger partial charge in [0.15, 0.2) is 11.5 Å². The van der Waals surface area contributed by atoms with Crippen molar-refractivity contribution < 1.29 is 26.5 Å². The highest BCUT2D eigenvalue weighted by Gasteiger charge is 2.21. The summed E-state index contributed by atoms with van der Waals surface area (Å²) in [7, 11) is -4.09. The number of ether oxygens (including phenoxy) is 2. The first kappa shape index (κ1) is 16.5. The molecule has 0 amide bonds. The summed E-state index contributed by atoms with van der Waals surface area (Å²) in [6.07, 6.45) is 0.718. The summed E-state index contributed by atoms with van der Waals surface area (Å²) in [6, 6.07) is 11.6. The second kappa shape index (κ2) is 6.38. The van der Waals surface area contributed by atoms with E-state index in [2.05, 4.69) is 0 Å². The summed E-state index contributed by atoms with van der Waals surface area (Å²) in [4.78, 5) is 11.3. The fourth-order valence-corrected chi connectivity index (χ4v) is 3.51. The van der Waals surface area contributed by atoms with Gasteiger partial charge in [-0.3, -0.25) is 0 Å². The van der Waals surface area contributed by atoms with Gasteiger partial charge in [-0.25, -0.2) is 4.79 Å². The van der Waals surface area contributed by atoms with Crippen molar-refractivity contribution in [1.29, 1.82) is 0 Å². The topological polar surface area (TPSA) is 92.0 Å². The molecule has 0 atom stereocenters. The Hall–Kier alpha value is -3.00. The highest BCUT2D eigenvalue weighted by atomic mass is 32.2. The fraction of sp³-hybridized carbons (Fsp3) is 0.167. The van der Waals surface area contributed by atoms with Crippen LogP contribution >= 0.6 is 0 Å². The monoisotopic (exact) mass is 374 g/mol. The fourth-order valence-electron chi connectivity index (χ4n) is 2.57. The smallest absolute Gasteiger partial charge is 0.339 e. The van der Waals surface area contributed by atoms with Crippen LogP contribution in [0.5, 0.6) is 17.2 Å². The Labute approximate surface area is 148 Å². The molecule has 1 aliphatic rings. The number of benzene rings is 2. The molecule has 0 N–H and O–H groups in total. The molecule has 0 bridgehead atoms. The van der Waals surface area contributed by atoms with Crippen molar-refractivity contribution in [3.8, 4) is 17.2 Å². The van der Waals surface area contributed by atoms with Crippen LogP contribution in [0.1, 0.15) is 6.42 Å². The van der Waals surface area contributed by atoms with Crippen LogP contribution in [0.2, 0.25) is 0 Å². The third-order valence-electron chi connectivity index (χ3n) is 3.81. The van der Waals surface area contributed by atoms with Gasteiger partial charge in [-0.05, 0) is 30.3 Å². The second-order valence-electron chi connectivity index (χ2n) is 5.65. The molecule has 0 aliphatic carbocycles. The second-order valence-corrected chi connectivity index (χ2v) is 7.20. The van der Waals surface area contributed by atoms with Crippen LogP contribution < -0.4 is 19.3 Å². The third-order valence-corrected chi connectivity index (χ3v) is 5.05. The van der Waals surface area contributed by atoms with E-state index in [1.165, 1.54) is 36.4 Å². The minimum absolute atomic E-state index is 0.0407. The Bertz CT molecular complexity index is 1130. The van der Waals surface area contributed by atoms with Gasteiger partial charge in [0.05, 0.1) is 13.2 Å². The van der Waals surface area contributed by atoms with E-state index in [-0.39, 0.29) is 16.2 Å². The molecule has 26 heavy (non-hydrogen) atoms. The molecule has 0 saturated heterocycles. The van der Waals surface area contributed by atoms with Crippen molar-refractivity contribution in [3.63, 3.8) is 0 Å². The predicted octanol–water partition coefficient (Wildman–Crippen LogP) is 2.72. The van der Waals surface area contributed by atoms with Gasteiger partial charge in [0, 0.05) is 30.0 Å². The van der Waals surface area contributed by atoms with Gasteiger partial charge in [0.2, 0.25) is 0 Å². The van der Waals surface area contributed by atoms with E-state index in [0.717, 1.165) is 6.42 Å². The van der Waals surface area contributed by atoms with E-state index in [0.29, 0.717) is 30.1 Å². The minimum Gasteiger partial charge on any atom is -0.490 e. The first-order valence-electron chi connectivity index (χ1n) is 7.89. The summed E-state index contributed by atoms with van der Waals surface area (Å²) in [6.45, 7) is 0.957. The highest BCUT2D eigenvalue weighted by molar-refractivity contribution is 7.87. The Morgan fingerprint density at radius 3 is 2.50 bits per heavy atom. The van der Waals surface area contributed by atoms with Crippen molar-refractivity contribution in [2.75, 3.05) is 13.2 Å². The molecule has 1 aliphatic heterocycles. The molecule has 2 aromatic carbocycles.